The second-order valence-corrected chi connectivity index (χ2v) is 6.92. The molecule has 0 aliphatic carbocycles. The Balaban J connectivity index is 1.54. The van der Waals surface area contributed by atoms with E-state index in [1.165, 1.54) is 12.1 Å². The number of anilines is 3. The molecule has 2 aromatic heterocycles. The average molecular weight is 395 g/mol. The van der Waals surface area contributed by atoms with Crippen molar-refractivity contribution >= 4 is 40.4 Å². The van der Waals surface area contributed by atoms with Crippen LogP contribution in [0.2, 0.25) is 0 Å². The van der Waals surface area contributed by atoms with E-state index in [0.29, 0.717) is 23.2 Å². The summed E-state index contributed by atoms with van der Waals surface area (Å²) in [6, 6.07) is 14.0. The number of fused-ring (bicyclic) bond motifs is 1. The molecule has 2 heterocycles. The number of imidazole rings is 1. The van der Waals surface area contributed by atoms with E-state index in [4.69, 9.17) is 10.7 Å². The van der Waals surface area contributed by atoms with Crippen LogP contribution >= 0.6 is 11.8 Å². The summed E-state index contributed by atoms with van der Waals surface area (Å²) in [4.78, 5) is 17.4. The van der Waals surface area contributed by atoms with Crippen LogP contribution in [0.5, 0.6) is 0 Å². The van der Waals surface area contributed by atoms with Gasteiger partial charge in [-0.25, -0.2) is 9.37 Å². The van der Waals surface area contributed by atoms with Gasteiger partial charge in [0.1, 0.15) is 11.6 Å². The summed E-state index contributed by atoms with van der Waals surface area (Å²) in [5, 5.41) is 3.91. The Morgan fingerprint density at radius 1 is 1.04 bits per heavy atom. The van der Waals surface area contributed by atoms with E-state index in [1.54, 1.807) is 23.9 Å². The van der Waals surface area contributed by atoms with Gasteiger partial charge in [0, 0.05) is 12.2 Å². The van der Waals surface area contributed by atoms with E-state index in [1.807, 2.05) is 18.2 Å². The van der Waals surface area contributed by atoms with E-state index >= 15 is 0 Å². The van der Waals surface area contributed by atoms with Crippen LogP contribution in [0, 0.1) is 5.82 Å². The highest BCUT2D eigenvalue weighted by molar-refractivity contribution is 7.98. The van der Waals surface area contributed by atoms with Crippen LogP contribution in [0.15, 0.2) is 53.7 Å². The molecular weight excluding hydrogens is 377 g/mol. The maximum Gasteiger partial charge on any atom is 0.232 e. The van der Waals surface area contributed by atoms with E-state index in [-0.39, 0.29) is 11.8 Å². The Labute approximate surface area is 165 Å². The topological polar surface area (TPSA) is 94.5 Å². The lowest BCUT2D eigenvalue weighted by Crippen LogP contribution is -2.07. The molecule has 2 aromatic carbocycles. The van der Waals surface area contributed by atoms with Gasteiger partial charge < -0.3 is 15.6 Å². The van der Waals surface area contributed by atoms with Crippen molar-refractivity contribution in [3.8, 4) is 0 Å². The number of nitrogen functional groups attached to an aromatic ring is 1. The number of rotatable bonds is 6. The van der Waals surface area contributed by atoms with E-state index < -0.39 is 0 Å². The van der Waals surface area contributed by atoms with E-state index in [9.17, 15) is 4.39 Å². The Morgan fingerprint density at radius 2 is 1.82 bits per heavy atom. The fourth-order valence-corrected chi connectivity index (χ4v) is 3.75. The molecule has 4 rings (SSSR count). The van der Waals surface area contributed by atoms with Crippen molar-refractivity contribution in [3.05, 3.63) is 60.2 Å². The molecular formula is C19H18FN7S. The van der Waals surface area contributed by atoms with Crippen molar-refractivity contribution in [2.45, 2.75) is 24.4 Å². The first kappa shape index (κ1) is 18.2. The van der Waals surface area contributed by atoms with Crippen LogP contribution in [0.3, 0.4) is 0 Å². The van der Waals surface area contributed by atoms with Crippen LogP contribution in [0.4, 0.5) is 22.0 Å². The molecule has 0 spiro atoms. The Kier molecular flexibility index (Phi) is 5.07. The van der Waals surface area contributed by atoms with Gasteiger partial charge in [0.15, 0.2) is 5.16 Å². The van der Waals surface area contributed by atoms with Crippen LogP contribution in [-0.2, 0) is 12.3 Å². The first-order valence-electron chi connectivity index (χ1n) is 8.73. The maximum absolute atomic E-state index is 13.1. The third-order valence-electron chi connectivity index (χ3n) is 4.07. The number of aryl methyl sites for hydroxylation is 1. The summed E-state index contributed by atoms with van der Waals surface area (Å²) in [5.74, 6) is 1.17. The molecule has 0 aliphatic rings. The summed E-state index contributed by atoms with van der Waals surface area (Å²) in [6.07, 6.45) is 0. The monoisotopic (exact) mass is 395 g/mol. The fraction of sp³-hybridized carbons (Fsp3) is 0.158. The van der Waals surface area contributed by atoms with Gasteiger partial charge in [0.2, 0.25) is 11.9 Å². The van der Waals surface area contributed by atoms with Crippen molar-refractivity contribution in [2.75, 3.05) is 11.1 Å². The van der Waals surface area contributed by atoms with Gasteiger partial charge in [-0.2, -0.15) is 15.0 Å². The third kappa shape index (κ3) is 3.89. The van der Waals surface area contributed by atoms with Crippen LogP contribution in [0.25, 0.3) is 11.0 Å². The van der Waals surface area contributed by atoms with Gasteiger partial charge in [-0.15, -0.1) is 0 Å². The molecule has 0 amide bonds. The molecule has 0 aliphatic heterocycles. The highest BCUT2D eigenvalue weighted by Crippen LogP contribution is 2.26. The molecule has 0 saturated heterocycles. The highest BCUT2D eigenvalue weighted by atomic mass is 32.2. The lowest BCUT2D eigenvalue weighted by atomic mass is 10.3. The number of hydrogen-bond acceptors (Lipinski definition) is 7. The number of para-hydroxylation sites is 2. The Morgan fingerprint density at radius 3 is 2.61 bits per heavy atom. The number of hydrogen-bond donors (Lipinski definition) is 2. The lowest BCUT2D eigenvalue weighted by Gasteiger charge is -2.08. The summed E-state index contributed by atoms with van der Waals surface area (Å²) in [5.41, 5.74) is 8.55. The quantitative estimate of drug-likeness (QED) is 0.477. The average Bonchev–Trinajstić information content (AvgIpc) is 3.05. The first-order chi connectivity index (χ1) is 13.6. The van der Waals surface area contributed by atoms with Crippen LogP contribution < -0.4 is 11.1 Å². The van der Waals surface area contributed by atoms with Crippen molar-refractivity contribution in [2.24, 2.45) is 0 Å². The number of thioether (sulfide) groups is 1. The molecule has 4 aromatic rings. The molecule has 3 N–H and O–H groups in total. The highest BCUT2D eigenvalue weighted by Gasteiger charge is 2.12. The first-order valence-corrected chi connectivity index (χ1v) is 9.72. The fourth-order valence-electron chi connectivity index (χ4n) is 2.82. The second-order valence-electron chi connectivity index (χ2n) is 5.98. The van der Waals surface area contributed by atoms with Crippen LogP contribution in [0.1, 0.15) is 12.7 Å². The zero-order chi connectivity index (χ0) is 19.5. The zero-order valence-corrected chi connectivity index (χ0v) is 15.9. The van der Waals surface area contributed by atoms with Gasteiger partial charge >= 0.3 is 0 Å². The van der Waals surface area contributed by atoms with Gasteiger partial charge in [-0.3, -0.25) is 0 Å². The molecule has 0 bridgehead atoms. The largest absolute Gasteiger partial charge is 0.368 e. The Hall–Kier alpha value is -3.20. The van der Waals surface area contributed by atoms with Gasteiger partial charge in [0.25, 0.3) is 0 Å². The molecule has 28 heavy (non-hydrogen) atoms. The normalized spacial score (nSPS) is 11.1. The molecule has 7 nitrogen and oxygen atoms in total. The molecule has 0 radical (unpaired) electrons. The molecule has 0 fully saturated rings. The maximum atomic E-state index is 13.1. The predicted octanol–water partition coefficient (Wildman–Crippen LogP) is 4.00. The second kappa shape index (κ2) is 7.81. The number of benzene rings is 2. The third-order valence-corrected chi connectivity index (χ3v) is 5.04. The zero-order valence-electron chi connectivity index (χ0n) is 15.1. The summed E-state index contributed by atoms with van der Waals surface area (Å²) in [7, 11) is 0. The summed E-state index contributed by atoms with van der Waals surface area (Å²) in [6.45, 7) is 2.91. The lowest BCUT2D eigenvalue weighted by molar-refractivity contribution is 0.628. The molecule has 9 heteroatoms. The minimum atomic E-state index is -0.309. The van der Waals surface area contributed by atoms with E-state index in [0.717, 1.165) is 22.7 Å². The summed E-state index contributed by atoms with van der Waals surface area (Å²) >= 11 is 1.54. The number of aromatic nitrogens is 5. The Bertz CT molecular complexity index is 1110. The van der Waals surface area contributed by atoms with Gasteiger partial charge in [0.05, 0.1) is 16.8 Å². The van der Waals surface area contributed by atoms with Gasteiger partial charge in [-0.1, -0.05) is 23.9 Å². The molecule has 142 valence electrons. The minimum absolute atomic E-state index is 0.124. The molecule has 0 saturated carbocycles. The molecule has 0 atom stereocenters. The SMILES string of the molecule is CCn1c(SCc2nc(N)nc(Nc3ccc(F)cc3)n2)nc2ccccc21. The number of nitrogens with one attached hydrogen (secondary N) is 1. The van der Waals surface area contributed by atoms with Crippen molar-refractivity contribution in [1.82, 2.24) is 24.5 Å². The minimum Gasteiger partial charge on any atom is -0.368 e. The van der Waals surface area contributed by atoms with Crippen LogP contribution in [-0.4, -0.2) is 24.5 Å². The smallest absolute Gasteiger partial charge is 0.232 e. The van der Waals surface area contributed by atoms with Gasteiger partial charge in [-0.05, 0) is 43.3 Å². The number of nitrogens with zero attached hydrogens (tertiary/aromatic N) is 5. The number of nitrogens with two attached hydrogens (primary N) is 1. The van der Waals surface area contributed by atoms with Crippen molar-refractivity contribution in [1.29, 1.82) is 0 Å². The number of halogens is 1. The molecule has 0 unspecified atom stereocenters. The van der Waals surface area contributed by atoms with Crippen molar-refractivity contribution < 1.29 is 4.39 Å². The standard InChI is InChI=1S/C19H18FN7S/c1-2-27-15-6-4-3-5-14(15)23-19(27)28-11-16-24-17(21)26-18(25-16)22-13-9-7-12(20)8-10-13/h3-10H,2,11H2,1H3,(H3,21,22,24,25,26). The van der Waals surface area contributed by atoms with Crippen molar-refractivity contribution in [3.63, 3.8) is 0 Å². The van der Waals surface area contributed by atoms with E-state index in [2.05, 4.69) is 37.8 Å². The predicted molar refractivity (Wildman–Crippen MR) is 109 cm³/mol. The summed E-state index contributed by atoms with van der Waals surface area (Å²) < 4.78 is 15.2.